The molecule has 0 aromatic rings. The molecule has 67 heavy (non-hydrogen) atoms. The quantitative estimate of drug-likeness (QED) is 0.0262. The van der Waals surface area contributed by atoms with Gasteiger partial charge in [0.25, 0.3) is 0 Å². The molecule has 0 saturated carbocycles. The zero-order valence-electron chi connectivity index (χ0n) is 43.4. The largest absolute Gasteiger partial charge is 0.462 e. The predicted molar refractivity (Wildman–Crippen MR) is 288 cm³/mol. The minimum absolute atomic E-state index is 0.112. The maximum atomic E-state index is 12.8. The van der Waals surface area contributed by atoms with E-state index in [0.717, 1.165) is 96.3 Å². The highest BCUT2D eigenvalue weighted by Crippen LogP contribution is 2.15. The van der Waals surface area contributed by atoms with Gasteiger partial charge in [-0.1, -0.05) is 233 Å². The van der Waals surface area contributed by atoms with Crippen LogP contribution in [0.2, 0.25) is 0 Å². The second-order valence-electron chi connectivity index (χ2n) is 17.7. The molecule has 0 aromatic heterocycles. The van der Waals surface area contributed by atoms with Gasteiger partial charge in [0.2, 0.25) is 0 Å². The molecule has 0 aliphatic rings. The molecule has 0 bridgehead atoms. The van der Waals surface area contributed by atoms with Gasteiger partial charge in [-0.3, -0.25) is 14.4 Å². The first-order valence-corrected chi connectivity index (χ1v) is 27.4. The van der Waals surface area contributed by atoms with E-state index in [0.29, 0.717) is 19.3 Å². The zero-order chi connectivity index (χ0) is 48.6. The number of esters is 3. The molecule has 1 atom stereocenters. The fourth-order valence-electron chi connectivity index (χ4n) is 7.23. The van der Waals surface area contributed by atoms with Crippen LogP contribution >= 0.6 is 0 Å². The number of carbonyl (C=O) groups is 3. The molecule has 0 fully saturated rings. The van der Waals surface area contributed by atoms with Crippen LogP contribution in [0.4, 0.5) is 0 Å². The Kier molecular flexibility index (Phi) is 51.5. The normalized spacial score (nSPS) is 12.9. The van der Waals surface area contributed by atoms with Gasteiger partial charge in [-0.15, -0.1) is 0 Å². The SMILES string of the molecule is CC/C=C\C/C=C\C/C=C\C/C=C\C/C=C\CCCC(=O)OCC(COC(=O)CCCCCCCCCCCCCCCCCCC)OC(=O)CCCC/C=C\C/C=C\C/C=C\C/C=C\CC. The predicted octanol–water partition coefficient (Wildman–Crippen LogP) is 18.3. The van der Waals surface area contributed by atoms with Crippen LogP contribution in [0.3, 0.4) is 0 Å². The van der Waals surface area contributed by atoms with Crippen LogP contribution in [0.1, 0.15) is 239 Å². The summed E-state index contributed by atoms with van der Waals surface area (Å²) in [5.41, 5.74) is 0. The van der Waals surface area contributed by atoms with Crippen molar-refractivity contribution < 1.29 is 28.6 Å². The molecule has 0 heterocycles. The Bertz CT molecular complexity index is 1390. The van der Waals surface area contributed by atoms with Crippen LogP contribution in [-0.2, 0) is 28.6 Å². The van der Waals surface area contributed by atoms with E-state index >= 15 is 0 Å². The van der Waals surface area contributed by atoms with Crippen LogP contribution in [-0.4, -0.2) is 37.2 Å². The minimum Gasteiger partial charge on any atom is -0.462 e. The Morgan fingerprint density at radius 2 is 0.597 bits per heavy atom. The van der Waals surface area contributed by atoms with Crippen molar-refractivity contribution in [1.82, 2.24) is 0 Å². The Hall–Kier alpha value is -3.93. The van der Waals surface area contributed by atoms with Crippen molar-refractivity contribution in [2.45, 2.75) is 245 Å². The molecular formula is C61H100O6. The maximum absolute atomic E-state index is 12.8. The fourth-order valence-corrected chi connectivity index (χ4v) is 7.23. The lowest BCUT2D eigenvalue weighted by atomic mass is 10.0. The van der Waals surface area contributed by atoms with E-state index in [4.69, 9.17) is 14.2 Å². The second-order valence-corrected chi connectivity index (χ2v) is 17.7. The summed E-state index contributed by atoms with van der Waals surface area (Å²) in [6, 6.07) is 0. The highest BCUT2D eigenvalue weighted by Gasteiger charge is 2.19. The van der Waals surface area contributed by atoms with Crippen molar-refractivity contribution in [1.29, 1.82) is 0 Å². The van der Waals surface area contributed by atoms with Crippen molar-refractivity contribution in [2.75, 3.05) is 13.2 Å². The average molecular weight is 929 g/mol. The molecule has 1 unspecified atom stereocenters. The van der Waals surface area contributed by atoms with Crippen LogP contribution in [0, 0.1) is 0 Å². The standard InChI is InChI=1S/C61H100O6/c1-4-7-10-13-16-19-22-25-28-30-33-35-38-41-44-47-50-53-59(62)65-56-58(67-61(64)55-52-49-46-43-40-37-32-27-24-21-18-15-12-9-6-3)57-66-60(63)54-51-48-45-42-39-36-34-31-29-26-23-20-17-14-11-8-5-2/h7,9-10,12,16,18-19,21,25,27-28,32-33,35,40-41,43-44,58H,4-6,8,11,13-15,17,20,22-24,26,29-31,34,36-39,42,45-57H2,1-3H3/b10-7-,12-9-,19-16-,21-18-,28-25-,32-27-,35-33-,43-40-,44-41-. The van der Waals surface area contributed by atoms with Crippen LogP contribution in [0.25, 0.3) is 0 Å². The first-order valence-electron chi connectivity index (χ1n) is 27.4. The van der Waals surface area contributed by atoms with E-state index in [1.54, 1.807) is 0 Å². The maximum Gasteiger partial charge on any atom is 0.306 e. The molecule has 0 spiro atoms. The van der Waals surface area contributed by atoms with Gasteiger partial charge in [0, 0.05) is 19.3 Å². The third kappa shape index (κ3) is 52.9. The summed E-state index contributed by atoms with van der Waals surface area (Å²) >= 11 is 0. The number of hydrogen-bond acceptors (Lipinski definition) is 6. The zero-order valence-corrected chi connectivity index (χ0v) is 43.4. The molecule has 0 N–H and O–H groups in total. The lowest BCUT2D eigenvalue weighted by molar-refractivity contribution is -0.167. The Morgan fingerprint density at radius 3 is 0.970 bits per heavy atom. The Balaban J connectivity index is 4.52. The number of ether oxygens (including phenoxy) is 3. The number of allylic oxidation sites excluding steroid dienone is 18. The summed E-state index contributed by atoms with van der Waals surface area (Å²) in [6.45, 7) is 6.33. The van der Waals surface area contributed by atoms with Gasteiger partial charge in [-0.05, 0) is 96.3 Å². The molecule has 0 radical (unpaired) electrons. The van der Waals surface area contributed by atoms with Crippen molar-refractivity contribution in [3.05, 3.63) is 109 Å². The molecule has 6 nitrogen and oxygen atoms in total. The van der Waals surface area contributed by atoms with Crippen molar-refractivity contribution in [3.8, 4) is 0 Å². The van der Waals surface area contributed by atoms with Gasteiger partial charge in [0.05, 0.1) is 0 Å². The number of unbranched alkanes of at least 4 members (excludes halogenated alkanes) is 19. The van der Waals surface area contributed by atoms with Gasteiger partial charge >= 0.3 is 17.9 Å². The molecule has 0 aromatic carbocycles. The van der Waals surface area contributed by atoms with Gasteiger partial charge in [-0.25, -0.2) is 0 Å². The topological polar surface area (TPSA) is 78.9 Å². The molecule has 0 saturated heterocycles. The highest BCUT2D eigenvalue weighted by molar-refractivity contribution is 5.71. The van der Waals surface area contributed by atoms with E-state index < -0.39 is 6.10 Å². The van der Waals surface area contributed by atoms with Gasteiger partial charge in [-0.2, -0.15) is 0 Å². The third-order valence-electron chi connectivity index (χ3n) is 11.3. The lowest BCUT2D eigenvalue weighted by Gasteiger charge is -2.18. The van der Waals surface area contributed by atoms with E-state index in [1.807, 2.05) is 0 Å². The van der Waals surface area contributed by atoms with Crippen LogP contribution in [0.5, 0.6) is 0 Å². The number of hydrogen-bond donors (Lipinski definition) is 0. The van der Waals surface area contributed by atoms with E-state index in [-0.39, 0.29) is 44.0 Å². The minimum atomic E-state index is -0.823. The van der Waals surface area contributed by atoms with E-state index in [2.05, 4.69) is 130 Å². The molecule has 380 valence electrons. The van der Waals surface area contributed by atoms with Crippen molar-refractivity contribution in [3.63, 3.8) is 0 Å². The smallest absolute Gasteiger partial charge is 0.306 e. The Morgan fingerprint density at radius 1 is 0.313 bits per heavy atom. The summed E-state index contributed by atoms with van der Waals surface area (Å²) < 4.78 is 16.8. The summed E-state index contributed by atoms with van der Waals surface area (Å²) in [5.74, 6) is -1.02. The summed E-state index contributed by atoms with van der Waals surface area (Å²) in [5, 5.41) is 0. The number of rotatable bonds is 48. The summed E-state index contributed by atoms with van der Waals surface area (Å²) in [7, 11) is 0. The molecule has 0 aliphatic heterocycles. The third-order valence-corrected chi connectivity index (χ3v) is 11.3. The molecule has 0 rings (SSSR count). The van der Waals surface area contributed by atoms with Gasteiger partial charge < -0.3 is 14.2 Å². The lowest BCUT2D eigenvalue weighted by Crippen LogP contribution is -2.30. The van der Waals surface area contributed by atoms with Gasteiger partial charge in [0.15, 0.2) is 6.10 Å². The molecule has 0 amide bonds. The molecule has 6 heteroatoms. The molecule has 0 aliphatic carbocycles. The number of carbonyl (C=O) groups excluding carboxylic acids is 3. The van der Waals surface area contributed by atoms with Crippen LogP contribution in [0.15, 0.2) is 109 Å². The summed E-state index contributed by atoms with van der Waals surface area (Å²) in [4.78, 5) is 38.1. The van der Waals surface area contributed by atoms with E-state index in [1.165, 1.54) is 89.9 Å². The Labute approximate surface area is 412 Å². The van der Waals surface area contributed by atoms with Crippen LogP contribution < -0.4 is 0 Å². The first-order chi connectivity index (χ1) is 33.0. The van der Waals surface area contributed by atoms with Gasteiger partial charge in [0.1, 0.15) is 13.2 Å². The summed E-state index contributed by atoms with van der Waals surface area (Å²) in [6.07, 6.45) is 73.7. The highest BCUT2D eigenvalue weighted by atomic mass is 16.6. The van der Waals surface area contributed by atoms with Crippen molar-refractivity contribution >= 4 is 17.9 Å². The fraction of sp³-hybridized carbons (Fsp3) is 0.656. The first kappa shape index (κ1) is 63.1. The second kappa shape index (κ2) is 54.7. The van der Waals surface area contributed by atoms with Crippen molar-refractivity contribution in [2.24, 2.45) is 0 Å². The monoisotopic (exact) mass is 929 g/mol. The average Bonchev–Trinajstić information content (AvgIpc) is 3.33. The molecular weight excluding hydrogens is 829 g/mol. The van der Waals surface area contributed by atoms with E-state index in [9.17, 15) is 14.4 Å².